The van der Waals surface area contributed by atoms with Crippen LogP contribution >= 0.6 is 0 Å². The van der Waals surface area contributed by atoms with Crippen LogP contribution in [0.15, 0.2) is 47.3 Å². The molecule has 3 atom stereocenters. The number of ketones is 1. The zero-order chi connectivity index (χ0) is 23.4. The Bertz CT molecular complexity index is 1010. The van der Waals surface area contributed by atoms with Crippen LogP contribution in [0, 0.1) is 0 Å². The number of amides is 3. The van der Waals surface area contributed by atoms with E-state index in [-0.39, 0.29) is 42.6 Å². The van der Waals surface area contributed by atoms with Gasteiger partial charge in [-0.3, -0.25) is 19.4 Å². The van der Waals surface area contributed by atoms with Crippen molar-refractivity contribution in [2.75, 3.05) is 13.1 Å². The maximum Gasteiger partial charge on any atom is 0.415 e. The number of rotatable bonds is 7. The molecular formula is C23H26N4O6. The van der Waals surface area contributed by atoms with Crippen LogP contribution in [-0.2, 0) is 20.8 Å². The largest absolute Gasteiger partial charge is 0.434 e. The highest BCUT2D eigenvalue weighted by Crippen LogP contribution is 2.31. The highest BCUT2D eigenvalue weighted by molar-refractivity contribution is 5.99. The lowest BCUT2D eigenvalue weighted by Crippen LogP contribution is -2.53. The average Bonchev–Trinajstić information content (AvgIpc) is 3.53. The predicted molar refractivity (Wildman–Crippen MR) is 115 cm³/mol. The van der Waals surface area contributed by atoms with Crippen LogP contribution in [0.1, 0.15) is 31.7 Å². The number of pyridine rings is 1. The third kappa shape index (κ3) is 4.89. The van der Waals surface area contributed by atoms with Crippen LogP contribution in [0.3, 0.4) is 0 Å². The lowest BCUT2D eigenvalue weighted by atomic mass is 10.1. The summed E-state index contributed by atoms with van der Waals surface area (Å²) in [6.45, 7) is 2.21. The molecule has 174 valence electrons. The quantitative estimate of drug-likeness (QED) is 0.674. The Hall–Kier alpha value is -3.69. The fourth-order valence-corrected chi connectivity index (χ4v) is 4.50. The van der Waals surface area contributed by atoms with Gasteiger partial charge < -0.3 is 24.3 Å². The molecule has 2 fully saturated rings. The highest BCUT2D eigenvalue weighted by Gasteiger charge is 2.52. The molecule has 0 saturated carbocycles. The maximum atomic E-state index is 13.3. The number of Topliss-reactive ketones (excluding diaryl/α,β-unsaturated/α-hetero) is 1. The second-order valence-electron chi connectivity index (χ2n) is 8.17. The van der Waals surface area contributed by atoms with Crippen molar-refractivity contribution in [2.45, 2.75) is 50.7 Å². The van der Waals surface area contributed by atoms with E-state index in [1.165, 1.54) is 17.2 Å². The summed E-state index contributed by atoms with van der Waals surface area (Å²) in [7, 11) is 0. The summed E-state index contributed by atoms with van der Waals surface area (Å²) in [6, 6.07) is 4.73. The van der Waals surface area contributed by atoms with E-state index in [2.05, 4.69) is 10.3 Å². The van der Waals surface area contributed by atoms with E-state index in [9.17, 15) is 19.2 Å². The van der Waals surface area contributed by atoms with Crippen molar-refractivity contribution in [3.8, 4) is 5.95 Å². The summed E-state index contributed by atoms with van der Waals surface area (Å²) < 4.78 is 10.0. The van der Waals surface area contributed by atoms with E-state index >= 15 is 0 Å². The van der Waals surface area contributed by atoms with Crippen molar-refractivity contribution in [1.29, 1.82) is 0 Å². The summed E-state index contributed by atoms with van der Waals surface area (Å²) in [5.41, 5.74) is 0.770. The van der Waals surface area contributed by atoms with Gasteiger partial charge in [-0.25, -0.2) is 4.79 Å². The molecule has 2 saturated heterocycles. The second kappa shape index (κ2) is 9.85. The number of ether oxygens (including phenoxy) is 1. The van der Waals surface area contributed by atoms with Crippen molar-refractivity contribution < 1.29 is 28.3 Å². The molecule has 2 aromatic heterocycles. The Kier molecular flexibility index (Phi) is 6.71. The first-order valence-electron chi connectivity index (χ1n) is 11.0. The molecule has 0 aromatic carbocycles. The van der Waals surface area contributed by atoms with E-state index in [1.807, 2.05) is 13.0 Å². The van der Waals surface area contributed by atoms with Gasteiger partial charge in [0.15, 0.2) is 5.78 Å². The number of aromatic nitrogens is 1. The van der Waals surface area contributed by atoms with Crippen molar-refractivity contribution >= 4 is 23.7 Å². The lowest BCUT2D eigenvalue weighted by molar-refractivity contribution is -0.138. The smallest absolute Gasteiger partial charge is 0.415 e. The van der Waals surface area contributed by atoms with Gasteiger partial charge in [-0.15, -0.1) is 0 Å². The van der Waals surface area contributed by atoms with Gasteiger partial charge in [-0.1, -0.05) is 19.4 Å². The van der Waals surface area contributed by atoms with Crippen LogP contribution in [0.2, 0.25) is 0 Å². The molecule has 0 spiro atoms. The fourth-order valence-electron chi connectivity index (χ4n) is 4.50. The van der Waals surface area contributed by atoms with Gasteiger partial charge in [0.05, 0.1) is 25.3 Å². The Morgan fingerprint density at radius 1 is 1.27 bits per heavy atom. The minimum atomic E-state index is -0.843. The number of hydrogen-bond donors (Lipinski definition) is 1. The molecule has 4 heterocycles. The highest BCUT2D eigenvalue weighted by atomic mass is 16.6. The van der Waals surface area contributed by atoms with Crippen LogP contribution in [0.4, 0.5) is 4.79 Å². The van der Waals surface area contributed by atoms with E-state index in [0.717, 1.165) is 5.56 Å². The van der Waals surface area contributed by atoms with Gasteiger partial charge in [0, 0.05) is 25.0 Å². The van der Waals surface area contributed by atoms with E-state index < -0.39 is 18.2 Å². The molecule has 33 heavy (non-hydrogen) atoms. The monoisotopic (exact) mass is 454 g/mol. The normalized spacial score (nSPS) is 20.5. The Morgan fingerprint density at radius 3 is 2.82 bits per heavy atom. The first-order chi connectivity index (χ1) is 16.0. The van der Waals surface area contributed by atoms with Crippen molar-refractivity contribution in [2.24, 2.45) is 0 Å². The number of likely N-dealkylation sites (tertiary alicyclic amines) is 2. The van der Waals surface area contributed by atoms with Gasteiger partial charge in [-0.05, 0) is 30.5 Å². The molecular weight excluding hydrogens is 428 g/mol. The minimum Gasteiger partial charge on any atom is -0.434 e. The predicted octanol–water partition coefficient (Wildman–Crippen LogP) is 1.56. The molecule has 10 nitrogen and oxygen atoms in total. The van der Waals surface area contributed by atoms with Crippen LogP contribution < -0.4 is 10.1 Å². The molecule has 0 radical (unpaired) electrons. The summed E-state index contributed by atoms with van der Waals surface area (Å²) in [6.07, 6.45) is 5.51. The molecule has 0 bridgehead atoms. The lowest BCUT2D eigenvalue weighted by Gasteiger charge is -2.28. The second-order valence-corrected chi connectivity index (χ2v) is 8.17. The first-order valence-corrected chi connectivity index (χ1v) is 11.0. The van der Waals surface area contributed by atoms with Crippen LogP contribution in [-0.4, -0.2) is 69.7 Å². The Labute approximate surface area is 190 Å². The standard InChI is InChI=1S/C23H26N4O6/c1-2-5-16(25-23(31)33-20-7-4-11-32-20)22(30)26-10-8-17-21(26)18(28)14-27(17)19(29)12-15-6-3-9-24-13-15/h3-4,6-7,9,11,13,16-17,21H,2,5,8,10,12,14H2,1H3,(H,25,31). The molecule has 10 heteroatoms. The van der Waals surface area contributed by atoms with E-state index in [1.54, 1.807) is 29.4 Å². The Morgan fingerprint density at radius 2 is 2.12 bits per heavy atom. The van der Waals surface area contributed by atoms with E-state index in [0.29, 0.717) is 25.8 Å². The number of furan rings is 1. The SMILES string of the molecule is CCCC(NC(=O)Oc1ccco1)C(=O)N1CCC2C1C(=O)CN2C(=O)Cc1cccnc1. The topological polar surface area (TPSA) is 122 Å². The van der Waals surface area contributed by atoms with Crippen molar-refractivity contribution in [3.63, 3.8) is 0 Å². The number of fused-ring (bicyclic) bond motifs is 1. The molecule has 1 N–H and O–H groups in total. The number of nitrogens with zero attached hydrogens (tertiary/aromatic N) is 3. The molecule has 4 rings (SSSR count). The molecule has 3 unspecified atom stereocenters. The summed E-state index contributed by atoms with van der Waals surface area (Å²) in [4.78, 5) is 58.3. The van der Waals surface area contributed by atoms with Crippen LogP contribution in [0.5, 0.6) is 5.95 Å². The molecule has 2 aliphatic rings. The zero-order valence-corrected chi connectivity index (χ0v) is 18.3. The summed E-state index contributed by atoms with van der Waals surface area (Å²) in [5.74, 6) is -0.664. The zero-order valence-electron chi connectivity index (χ0n) is 18.3. The van der Waals surface area contributed by atoms with Gasteiger partial charge in [-0.2, -0.15) is 0 Å². The van der Waals surface area contributed by atoms with E-state index in [4.69, 9.17) is 9.15 Å². The van der Waals surface area contributed by atoms with Gasteiger partial charge >= 0.3 is 6.09 Å². The van der Waals surface area contributed by atoms with Crippen molar-refractivity contribution in [1.82, 2.24) is 20.1 Å². The van der Waals surface area contributed by atoms with Gasteiger partial charge in [0.25, 0.3) is 5.95 Å². The average molecular weight is 454 g/mol. The number of hydrogen-bond acceptors (Lipinski definition) is 7. The molecule has 0 aliphatic carbocycles. The number of carbonyl (C=O) groups excluding carboxylic acids is 4. The third-order valence-corrected chi connectivity index (χ3v) is 5.96. The fraction of sp³-hybridized carbons (Fsp3) is 0.435. The first kappa shape index (κ1) is 22.5. The molecule has 2 aromatic rings. The van der Waals surface area contributed by atoms with Gasteiger partial charge in [0.2, 0.25) is 11.8 Å². The molecule has 3 amide bonds. The summed E-state index contributed by atoms with van der Waals surface area (Å²) >= 11 is 0. The summed E-state index contributed by atoms with van der Waals surface area (Å²) in [5, 5.41) is 2.58. The minimum absolute atomic E-state index is 0.0187. The van der Waals surface area contributed by atoms with Crippen molar-refractivity contribution in [3.05, 3.63) is 48.5 Å². The maximum absolute atomic E-state index is 13.3. The molecule has 2 aliphatic heterocycles. The number of nitrogens with one attached hydrogen (secondary N) is 1. The van der Waals surface area contributed by atoms with Crippen LogP contribution in [0.25, 0.3) is 0 Å². The number of carbonyl (C=O) groups is 4. The Balaban J connectivity index is 1.42. The third-order valence-electron chi connectivity index (χ3n) is 5.96. The van der Waals surface area contributed by atoms with Gasteiger partial charge in [0.1, 0.15) is 12.1 Å².